The van der Waals surface area contributed by atoms with Crippen LogP contribution in [0.25, 0.3) is 0 Å². The predicted molar refractivity (Wildman–Crippen MR) is 111 cm³/mol. The third kappa shape index (κ3) is 4.53. The van der Waals surface area contributed by atoms with Gasteiger partial charge in [-0.3, -0.25) is 4.79 Å². The molecule has 3 atom stereocenters. The Morgan fingerprint density at radius 3 is 2.82 bits per heavy atom. The number of ketones is 1. The lowest BCUT2D eigenvalue weighted by molar-refractivity contribution is -0.111. The standard InChI is InChI=1S/C25H30O3/c26-20-11-10-19-15-25(27)22-13-12-21(17-24(22)23(19)16-20)28-14-6-2-5-9-18-7-3-1-4-8-18/h1,3-4,7-8,12-13,15,20-21,23,26H,2,5-6,9-11,14,16-17H2. The maximum absolute atomic E-state index is 12.4. The number of hydrogen-bond donors (Lipinski definition) is 1. The number of carbonyl (C=O) groups is 1. The van der Waals surface area contributed by atoms with E-state index in [-0.39, 0.29) is 23.9 Å². The van der Waals surface area contributed by atoms with Crippen LogP contribution in [0.5, 0.6) is 0 Å². The van der Waals surface area contributed by atoms with Crippen molar-refractivity contribution < 1.29 is 14.6 Å². The Balaban J connectivity index is 1.23. The van der Waals surface area contributed by atoms with Crippen molar-refractivity contribution in [2.45, 2.75) is 63.6 Å². The van der Waals surface area contributed by atoms with Gasteiger partial charge in [-0.25, -0.2) is 0 Å². The van der Waals surface area contributed by atoms with Crippen LogP contribution in [0, 0.1) is 5.92 Å². The smallest absolute Gasteiger partial charge is 0.185 e. The Morgan fingerprint density at radius 1 is 1.11 bits per heavy atom. The van der Waals surface area contributed by atoms with Crippen molar-refractivity contribution in [3.63, 3.8) is 0 Å². The van der Waals surface area contributed by atoms with Gasteiger partial charge in [-0.2, -0.15) is 0 Å². The number of unbranched alkanes of at least 4 members (excludes halogenated alkanes) is 2. The molecule has 4 rings (SSSR count). The van der Waals surface area contributed by atoms with Crippen molar-refractivity contribution in [1.82, 2.24) is 0 Å². The van der Waals surface area contributed by atoms with Crippen LogP contribution in [-0.2, 0) is 16.0 Å². The van der Waals surface area contributed by atoms with E-state index in [9.17, 15) is 9.90 Å². The minimum Gasteiger partial charge on any atom is -0.393 e. The Hall–Kier alpha value is -1.97. The molecule has 1 N–H and O–H groups in total. The minimum atomic E-state index is -0.251. The molecule has 0 radical (unpaired) electrons. The summed E-state index contributed by atoms with van der Waals surface area (Å²) in [6.07, 6.45) is 13.3. The summed E-state index contributed by atoms with van der Waals surface area (Å²) in [6, 6.07) is 10.6. The highest BCUT2D eigenvalue weighted by atomic mass is 16.5. The van der Waals surface area contributed by atoms with Crippen LogP contribution in [0.15, 0.2) is 65.3 Å². The highest BCUT2D eigenvalue weighted by Gasteiger charge is 2.35. The van der Waals surface area contributed by atoms with Gasteiger partial charge in [-0.05, 0) is 62.2 Å². The molecule has 28 heavy (non-hydrogen) atoms. The summed E-state index contributed by atoms with van der Waals surface area (Å²) in [5, 5.41) is 10.1. The van der Waals surface area contributed by atoms with E-state index in [1.54, 1.807) is 0 Å². The quantitative estimate of drug-likeness (QED) is 0.699. The van der Waals surface area contributed by atoms with Gasteiger partial charge in [0, 0.05) is 18.1 Å². The fourth-order valence-corrected chi connectivity index (χ4v) is 4.71. The summed E-state index contributed by atoms with van der Waals surface area (Å²) in [7, 11) is 0. The fourth-order valence-electron chi connectivity index (χ4n) is 4.71. The molecule has 1 aromatic carbocycles. The van der Waals surface area contributed by atoms with Crippen molar-refractivity contribution >= 4 is 5.78 Å². The summed E-state index contributed by atoms with van der Waals surface area (Å²) in [5.74, 6) is 0.367. The predicted octanol–water partition coefficient (Wildman–Crippen LogP) is 4.71. The first-order valence-electron chi connectivity index (χ1n) is 10.7. The summed E-state index contributed by atoms with van der Waals surface area (Å²) in [5.41, 5.74) is 4.64. The van der Waals surface area contributed by atoms with Gasteiger partial charge in [-0.1, -0.05) is 54.5 Å². The van der Waals surface area contributed by atoms with Crippen LogP contribution in [0.1, 0.15) is 50.5 Å². The van der Waals surface area contributed by atoms with Crippen LogP contribution < -0.4 is 0 Å². The van der Waals surface area contributed by atoms with E-state index in [0.717, 1.165) is 50.7 Å². The largest absolute Gasteiger partial charge is 0.393 e. The van der Waals surface area contributed by atoms with Crippen molar-refractivity contribution in [3.8, 4) is 0 Å². The highest BCUT2D eigenvalue weighted by Crippen LogP contribution is 2.43. The lowest BCUT2D eigenvalue weighted by atomic mass is 9.70. The Labute approximate surface area is 167 Å². The third-order valence-corrected chi connectivity index (χ3v) is 6.25. The molecule has 1 aromatic rings. The molecule has 3 unspecified atom stereocenters. The molecular formula is C25H30O3. The molecular weight excluding hydrogens is 348 g/mol. The molecule has 3 aliphatic rings. The number of aryl methyl sites for hydroxylation is 1. The summed E-state index contributed by atoms with van der Waals surface area (Å²) < 4.78 is 6.11. The van der Waals surface area contributed by atoms with Crippen LogP contribution in [-0.4, -0.2) is 29.7 Å². The van der Waals surface area contributed by atoms with E-state index in [1.807, 2.05) is 18.2 Å². The topological polar surface area (TPSA) is 46.5 Å². The van der Waals surface area contributed by atoms with Crippen LogP contribution in [0.4, 0.5) is 0 Å². The number of aliphatic hydroxyl groups is 1. The summed E-state index contributed by atoms with van der Waals surface area (Å²) >= 11 is 0. The Kier molecular flexibility index (Phi) is 6.23. The number of fused-ring (bicyclic) bond motifs is 2. The molecule has 148 valence electrons. The SMILES string of the molecule is O=C1C=C2CCC(O)CC2C2=C1C=CC(OCCCCCc1ccccc1)C2. The van der Waals surface area contributed by atoms with E-state index < -0.39 is 0 Å². The summed E-state index contributed by atoms with van der Waals surface area (Å²) in [6.45, 7) is 0.760. The second kappa shape index (κ2) is 9.02. The molecule has 0 saturated heterocycles. The lowest BCUT2D eigenvalue weighted by Crippen LogP contribution is -2.31. The molecule has 0 amide bonds. The zero-order valence-electron chi connectivity index (χ0n) is 16.5. The zero-order valence-corrected chi connectivity index (χ0v) is 16.5. The number of aliphatic hydroxyl groups excluding tert-OH is 1. The summed E-state index contributed by atoms with van der Waals surface area (Å²) in [4.78, 5) is 12.4. The first-order chi connectivity index (χ1) is 13.7. The van der Waals surface area contributed by atoms with Crippen LogP contribution in [0.2, 0.25) is 0 Å². The molecule has 3 aliphatic carbocycles. The molecule has 3 nitrogen and oxygen atoms in total. The first kappa shape index (κ1) is 19.4. The van der Waals surface area contributed by atoms with Gasteiger partial charge in [0.2, 0.25) is 0 Å². The monoisotopic (exact) mass is 378 g/mol. The van der Waals surface area contributed by atoms with Crippen LogP contribution in [0.3, 0.4) is 0 Å². The van der Waals surface area contributed by atoms with Gasteiger partial charge in [0.15, 0.2) is 5.78 Å². The normalized spacial score (nSPS) is 26.7. The number of ether oxygens (including phenoxy) is 1. The Bertz CT molecular complexity index is 787. The molecule has 0 aliphatic heterocycles. The fraction of sp³-hybridized carbons (Fsp3) is 0.480. The van der Waals surface area contributed by atoms with E-state index in [2.05, 4.69) is 30.3 Å². The second-order valence-corrected chi connectivity index (χ2v) is 8.27. The van der Waals surface area contributed by atoms with E-state index in [4.69, 9.17) is 4.74 Å². The van der Waals surface area contributed by atoms with E-state index in [1.165, 1.54) is 29.6 Å². The van der Waals surface area contributed by atoms with Crippen molar-refractivity contribution in [1.29, 1.82) is 0 Å². The van der Waals surface area contributed by atoms with Gasteiger partial charge in [0.25, 0.3) is 0 Å². The van der Waals surface area contributed by atoms with Crippen molar-refractivity contribution in [2.24, 2.45) is 5.92 Å². The first-order valence-corrected chi connectivity index (χ1v) is 10.7. The van der Waals surface area contributed by atoms with E-state index in [0.29, 0.717) is 0 Å². The average molecular weight is 379 g/mol. The zero-order chi connectivity index (χ0) is 19.3. The average Bonchev–Trinajstić information content (AvgIpc) is 2.72. The van der Waals surface area contributed by atoms with E-state index >= 15 is 0 Å². The number of hydrogen-bond acceptors (Lipinski definition) is 3. The molecule has 0 heterocycles. The van der Waals surface area contributed by atoms with Crippen molar-refractivity contribution in [2.75, 3.05) is 6.61 Å². The minimum absolute atomic E-state index is 0.0547. The molecule has 0 aromatic heterocycles. The lowest BCUT2D eigenvalue weighted by Gasteiger charge is -2.36. The highest BCUT2D eigenvalue weighted by molar-refractivity contribution is 6.08. The van der Waals surface area contributed by atoms with Crippen LogP contribution >= 0.6 is 0 Å². The molecule has 0 spiro atoms. The molecule has 3 heteroatoms. The number of allylic oxidation sites excluding steroid dienone is 4. The third-order valence-electron chi connectivity index (χ3n) is 6.25. The van der Waals surface area contributed by atoms with Gasteiger partial charge in [0.1, 0.15) is 0 Å². The van der Waals surface area contributed by atoms with Gasteiger partial charge in [0.05, 0.1) is 12.2 Å². The number of rotatable bonds is 7. The van der Waals surface area contributed by atoms with Crippen molar-refractivity contribution in [3.05, 3.63) is 70.8 Å². The Morgan fingerprint density at radius 2 is 1.96 bits per heavy atom. The maximum atomic E-state index is 12.4. The number of benzene rings is 1. The maximum Gasteiger partial charge on any atom is 0.185 e. The van der Waals surface area contributed by atoms with Gasteiger partial charge < -0.3 is 9.84 Å². The second-order valence-electron chi connectivity index (χ2n) is 8.27. The molecule has 0 bridgehead atoms. The van der Waals surface area contributed by atoms with Gasteiger partial charge in [-0.15, -0.1) is 0 Å². The number of carbonyl (C=O) groups excluding carboxylic acids is 1. The molecule has 1 fully saturated rings. The molecule has 1 saturated carbocycles. The van der Waals surface area contributed by atoms with Gasteiger partial charge >= 0.3 is 0 Å².